The zero-order chi connectivity index (χ0) is 14.4. The Kier molecular flexibility index (Phi) is 5.35. The molecule has 4 nitrogen and oxygen atoms in total. The number of aryl methyl sites for hydroxylation is 1. The fourth-order valence-electron chi connectivity index (χ4n) is 1.98. The number of fused-ring (bicyclic) bond motifs is 1. The molecule has 0 aliphatic carbocycles. The molecule has 0 aliphatic rings. The first-order valence-corrected chi connectivity index (χ1v) is 7.98. The Labute approximate surface area is 124 Å². The van der Waals surface area contributed by atoms with E-state index in [4.69, 9.17) is 0 Å². The van der Waals surface area contributed by atoms with E-state index in [1.807, 2.05) is 6.08 Å². The van der Waals surface area contributed by atoms with Crippen LogP contribution in [0, 0.1) is 6.92 Å². The van der Waals surface area contributed by atoms with Gasteiger partial charge in [0.25, 0.3) is 0 Å². The third kappa shape index (κ3) is 3.48. The topological polar surface area (TPSA) is 49.8 Å². The van der Waals surface area contributed by atoms with Crippen LogP contribution in [0.3, 0.4) is 0 Å². The Balaban J connectivity index is 2.22. The van der Waals surface area contributed by atoms with Crippen molar-refractivity contribution in [2.75, 3.05) is 23.7 Å². The third-order valence-corrected chi connectivity index (χ3v) is 4.16. The quantitative estimate of drug-likeness (QED) is 0.565. The van der Waals surface area contributed by atoms with Crippen LogP contribution in [0.25, 0.3) is 10.2 Å². The van der Waals surface area contributed by atoms with Gasteiger partial charge in [0, 0.05) is 13.1 Å². The summed E-state index contributed by atoms with van der Waals surface area (Å²) < 4.78 is 1.14. The molecule has 2 aromatic rings. The summed E-state index contributed by atoms with van der Waals surface area (Å²) in [7, 11) is 0. The van der Waals surface area contributed by atoms with Gasteiger partial charge >= 0.3 is 0 Å². The summed E-state index contributed by atoms with van der Waals surface area (Å²) in [4.78, 5) is 9.16. The monoisotopic (exact) mass is 290 g/mol. The fourth-order valence-corrected chi connectivity index (χ4v) is 2.93. The number of rotatable bonds is 8. The van der Waals surface area contributed by atoms with Gasteiger partial charge in [0.1, 0.15) is 5.82 Å². The first-order chi connectivity index (χ1) is 9.76. The molecule has 2 heterocycles. The molecule has 2 aromatic heterocycles. The minimum Gasteiger partial charge on any atom is -0.369 e. The lowest BCUT2D eigenvalue weighted by molar-refractivity contribution is 0.743. The van der Waals surface area contributed by atoms with Crippen LogP contribution in [-0.2, 0) is 0 Å². The normalized spacial score (nSPS) is 10.7. The zero-order valence-corrected chi connectivity index (χ0v) is 13.0. The Morgan fingerprint density at radius 3 is 2.90 bits per heavy atom. The number of anilines is 2. The molecule has 20 heavy (non-hydrogen) atoms. The van der Waals surface area contributed by atoms with E-state index >= 15 is 0 Å². The molecular formula is C15H22N4S. The Morgan fingerprint density at radius 2 is 2.15 bits per heavy atom. The van der Waals surface area contributed by atoms with E-state index in [1.165, 1.54) is 24.8 Å². The van der Waals surface area contributed by atoms with Crippen molar-refractivity contribution in [3.63, 3.8) is 0 Å². The molecule has 0 fully saturated rings. The molecule has 0 spiro atoms. The van der Waals surface area contributed by atoms with Crippen molar-refractivity contribution >= 4 is 33.3 Å². The van der Waals surface area contributed by atoms with Crippen molar-refractivity contribution in [1.29, 1.82) is 0 Å². The van der Waals surface area contributed by atoms with Crippen LogP contribution in [0.2, 0.25) is 0 Å². The molecule has 0 amide bonds. The van der Waals surface area contributed by atoms with E-state index < -0.39 is 0 Å². The lowest BCUT2D eigenvalue weighted by Gasteiger charge is -2.09. The highest BCUT2D eigenvalue weighted by atomic mass is 32.1. The molecule has 0 radical (unpaired) electrons. The van der Waals surface area contributed by atoms with Crippen LogP contribution in [0.4, 0.5) is 11.8 Å². The van der Waals surface area contributed by atoms with Gasteiger partial charge in [-0.25, -0.2) is 4.98 Å². The van der Waals surface area contributed by atoms with Crippen LogP contribution in [0.5, 0.6) is 0 Å². The van der Waals surface area contributed by atoms with E-state index in [-0.39, 0.29) is 0 Å². The minimum atomic E-state index is 0.664. The number of hydrogen-bond donors (Lipinski definition) is 2. The second-order valence-electron chi connectivity index (χ2n) is 4.80. The van der Waals surface area contributed by atoms with E-state index in [0.29, 0.717) is 12.5 Å². The number of unbranched alkanes of at least 4 members (excludes halogenated alkanes) is 2. The van der Waals surface area contributed by atoms with Gasteiger partial charge in [0.05, 0.1) is 10.2 Å². The largest absolute Gasteiger partial charge is 0.369 e. The van der Waals surface area contributed by atoms with Gasteiger partial charge in [0.15, 0.2) is 0 Å². The standard InChI is InChI=1S/C15H22N4S/c1-4-6-7-9-16-14-13-12(11(3)10-20-13)18-15(19-14)17-8-5-2/h5,10H,2,4,6-9H2,1,3H3,(H2,16,17,18,19). The van der Waals surface area contributed by atoms with E-state index in [9.17, 15) is 0 Å². The molecule has 2 N–H and O–H groups in total. The summed E-state index contributed by atoms with van der Waals surface area (Å²) in [5, 5.41) is 8.75. The van der Waals surface area contributed by atoms with E-state index in [0.717, 1.165) is 22.6 Å². The molecule has 2 rings (SSSR count). The zero-order valence-electron chi connectivity index (χ0n) is 12.2. The summed E-state index contributed by atoms with van der Waals surface area (Å²) in [6.07, 6.45) is 5.45. The van der Waals surface area contributed by atoms with Gasteiger partial charge in [-0.15, -0.1) is 17.9 Å². The molecule has 0 unspecified atom stereocenters. The lowest BCUT2D eigenvalue weighted by Crippen LogP contribution is -2.08. The maximum absolute atomic E-state index is 4.58. The molecule has 0 saturated carbocycles. The Morgan fingerprint density at radius 1 is 1.30 bits per heavy atom. The second kappa shape index (κ2) is 7.24. The first-order valence-electron chi connectivity index (χ1n) is 7.10. The maximum Gasteiger partial charge on any atom is 0.225 e. The molecule has 0 saturated heterocycles. The van der Waals surface area contributed by atoms with Gasteiger partial charge in [-0.05, 0) is 24.3 Å². The average Bonchev–Trinajstić information content (AvgIpc) is 2.83. The van der Waals surface area contributed by atoms with Crippen LogP contribution in [-0.4, -0.2) is 23.1 Å². The van der Waals surface area contributed by atoms with Crippen molar-refractivity contribution in [2.24, 2.45) is 0 Å². The predicted octanol–water partition coefficient (Wildman–Crippen LogP) is 4.20. The van der Waals surface area contributed by atoms with Gasteiger partial charge in [-0.3, -0.25) is 0 Å². The minimum absolute atomic E-state index is 0.664. The van der Waals surface area contributed by atoms with Gasteiger partial charge < -0.3 is 10.6 Å². The third-order valence-electron chi connectivity index (χ3n) is 3.07. The second-order valence-corrected chi connectivity index (χ2v) is 5.68. The smallest absolute Gasteiger partial charge is 0.225 e. The molecular weight excluding hydrogens is 268 g/mol. The van der Waals surface area contributed by atoms with Gasteiger partial charge in [0.2, 0.25) is 5.95 Å². The number of thiophene rings is 1. The van der Waals surface area contributed by atoms with Crippen LogP contribution in [0.1, 0.15) is 31.7 Å². The van der Waals surface area contributed by atoms with E-state index in [2.05, 4.69) is 46.4 Å². The summed E-state index contributed by atoms with van der Waals surface area (Å²) >= 11 is 1.70. The van der Waals surface area contributed by atoms with E-state index in [1.54, 1.807) is 11.3 Å². The van der Waals surface area contributed by atoms with Crippen LogP contribution < -0.4 is 10.6 Å². The first kappa shape index (κ1) is 14.8. The number of hydrogen-bond acceptors (Lipinski definition) is 5. The summed E-state index contributed by atoms with van der Waals surface area (Å²) in [6.45, 7) is 9.63. The Hall–Kier alpha value is -1.62. The van der Waals surface area contributed by atoms with Crippen molar-refractivity contribution < 1.29 is 0 Å². The summed E-state index contributed by atoms with van der Waals surface area (Å²) in [5.74, 6) is 1.60. The summed E-state index contributed by atoms with van der Waals surface area (Å²) in [5.41, 5.74) is 2.24. The molecule has 0 atom stereocenters. The highest BCUT2D eigenvalue weighted by Crippen LogP contribution is 2.30. The number of nitrogens with zero attached hydrogens (tertiary/aromatic N) is 2. The average molecular weight is 290 g/mol. The predicted molar refractivity (Wildman–Crippen MR) is 88.9 cm³/mol. The molecule has 0 bridgehead atoms. The number of nitrogens with one attached hydrogen (secondary N) is 2. The SMILES string of the molecule is C=CCNc1nc(NCCCCC)c2scc(C)c2n1. The van der Waals surface area contributed by atoms with Crippen LogP contribution in [0.15, 0.2) is 18.0 Å². The fraction of sp³-hybridized carbons (Fsp3) is 0.467. The van der Waals surface area contributed by atoms with Crippen molar-refractivity contribution in [2.45, 2.75) is 33.1 Å². The Bertz CT molecular complexity index is 577. The maximum atomic E-state index is 4.58. The number of aromatic nitrogens is 2. The van der Waals surface area contributed by atoms with Crippen LogP contribution >= 0.6 is 11.3 Å². The molecule has 0 aliphatic heterocycles. The highest BCUT2D eigenvalue weighted by Gasteiger charge is 2.11. The van der Waals surface area contributed by atoms with Gasteiger partial charge in [-0.1, -0.05) is 25.8 Å². The molecule has 0 aromatic carbocycles. The van der Waals surface area contributed by atoms with Crippen molar-refractivity contribution in [1.82, 2.24) is 9.97 Å². The van der Waals surface area contributed by atoms with Gasteiger partial charge in [-0.2, -0.15) is 4.98 Å². The molecule has 108 valence electrons. The van der Waals surface area contributed by atoms with Crippen molar-refractivity contribution in [3.8, 4) is 0 Å². The lowest BCUT2D eigenvalue weighted by atomic mass is 10.2. The van der Waals surface area contributed by atoms with Crippen molar-refractivity contribution in [3.05, 3.63) is 23.6 Å². The molecule has 5 heteroatoms. The summed E-state index contributed by atoms with van der Waals surface area (Å²) in [6, 6.07) is 0. The highest BCUT2D eigenvalue weighted by molar-refractivity contribution is 7.18.